The zero-order chi connectivity index (χ0) is 42.7. The molecular weight excluding hydrogens is 713 g/mol. The highest BCUT2D eigenvalue weighted by molar-refractivity contribution is 5.57. The van der Waals surface area contributed by atoms with Crippen LogP contribution in [0, 0.1) is 41.5 Å². The number of rotatable bonds is 8. The lowest BCUT2D eigenvalue weighted by molar-refractivity contribution is 0.446. The molecule has 6 aromatic carbocycles. The van der Waals surface area contributed by atoms with Gasteiger partial charge in [-0.25, -0.2) is 0 Å². The molecule has 0 spiro atoms. The molecule has 6 rings (SSSR count). The Hall–Kier alpha value is -5.48. The molecule has 0 unspecified atom stereocenters. The second-order valence-corrected chi connectivity index (χ2v) is 18.3. The third kappa shape index (κ3) is 9.79. The van der Waals surface area contributed by atoms with Crippen LogP contribution in [-0.4, -0.2) is 20.4 Å². The van der Waals surface area contributed by atoms with E-state index in [2.05, 4.69) is 130 Å². The molecule has 0 aromatic heterocycles. The lowest BCUT2D eigenvalue weighted by atomic mass is 9.76. The number of phenolic OH excluding ortho intramolecular Hbond substituents is 4. The average Bonchev–Trinajstić information content (AvgIpc) is 3.16. The van der Waals surface area contributed by atoms with E-state index in [0.717, 1.165) is 57.3 Å². The highest BCUT2D eigenvalue weighted by atomic mass is 16.3. The van der Waals surface area contributed by atoms with Crippen molar-refractivity contribution in [1.29, 1.82) is 0 Å². The van der Waals surface area contributed by atoms with Crippen molar-refractivity contribution < 1.29 is 20.4 Å². The Morgan fingerprint density at radius 2 is 0.741 bits per heavy atom. The molecule has 0 bridgehead atoms. The molecule has 0 atom stereocenters. The molecule has 0 saturated carbocycles. The molecule has 4 nitrogen and oxygen atoms in total. The van der Waals surface area contributed by atoms with Gasteiger partial charge in [-0.3, -0.25) is 0 Å². The van der Waals surface area contributed by atoms with Gasteiger partial charge in [0.2, 0.25) is 0 Å². The van der Waals surface area contributed by atoms with Gasteiger partial charge in [0, 0.05) is 11.8 Å². The molecule has 0 saturated heterocycles. The van der Waals surface area contributed by atoms with Crippen LogP contribution >= 0.6 is 0 Å². The normalized spacial score (nSPS) is 11.8. The van der Waals surface area contributed by atoms with Crippen molar-refractivity contribution in [3.8, 4) is 23.0 Å². The number of hydrogen-bond acceptors (Lipinski definition) is 4. The van der Waals surface area contributed by atoms with Gasteiger partial charge in [-0.2, -0.15) is 0 Å². The summed E-state index contributed by atoms with van der Waals surface area (Å²) in [5.41, 5.74) is 15.4. The van der Waals surface area contributed by atoms with Crippen LogP contribution in [-0.2, 0) is 23.7 Å². The van der Waals surface area contributed by atoms with E-state index < -0.39 is 0 Å². The maximum atomic E-state index is 10.5. The molecule has 0 amide bonds. The van der Waals surface area contributed by atoms with Crippen molar-refractivity contribution in [3.05, 3.63) is 187 Å². The summed E-state index contributed by atoms with van der Waals surface area (Å²) in [7, 11) is 0. The Bertz CT molecular complexity index is 2230. The van der Waals surface area contributed by atoms with E-state index in [0.29, 0.717) is 23.0 Å². The SMILES string of the molecule is CC(C)(C)c1cc(C(Cc2ccccc2)c2ccc(O)c(C(C)(C)C)c2)ccc1O.Cc1cc(O)c(C)c(C)c1C(Cc1ccccc1)c1c(C)cc(O)c(C)c1C. The number of phenols is 4. The predicted octanol–water partition coefficient (Wildman–Crippen LogP) is 13.4. The summed E-state index contributed by atoms with van der Waals surface area (Å²) >= 11 is 0. The number of aryl methyl sites for hydroxylation is 2. The molecule has 6 aromatic rings. The maximum Gasteiger partial charge on any atom is 0.119 e. The van der Waals surface area contributed by atoms with Crippen LogP contribution in [0.5, 0.6) is 23.0 Å². The van der Waals surface area contributed by atoms with E-state index in [1.165, 1.54) is 33.4 Å². The van der Waals surface area contributed by atoms with Gasteiger partial charge in [-0.1, -0.05) is 126 Å². The van der Waals surface area contributed by atoms with E-state index in [1.807, 2.05) is 62.4 Å². The van der Waals surface area contributed by atoms with Gasteiger partial charge in [-0.05, 0) is 167 Å². The zero-order valence-electron chi connectivity index (χ0n) is 36.8. The summed E-state index contributed by atoms with van der Waals surface area (Å²) in [4.78, 5) is 0. The molecule has 0 aliphatic heterocycles. The highest BCUT2D eigenvalue weighted by Gasteiger charge is 2.27. The van der Waals surface area contributed by atoms with E-state index >= 15 is 0 Å². The molecule has 4 heteroatoms. The van der Waals surface area contributed by atoms with Gasteiger partial charge in [-0.15, -0.1) is 0 Å². The minimum absolute atomic E-state index is 0.121. The third-order valence-electron chi connectivity index (χ3n) is 12.0. The van der Waals surface area contributed by atoms with Crippen LogP contribution in [0.2, 0.25) is 0 Å². The summed E-state index contributed by atoms with van der Waals surface area (Å²) in [5, 5.41) is 41.5. The first-order chi connectivity index (χ1) is 27.2. The monoisotopic (exact) mass is 776 g/mol. The fourth-order valence-electron chi connectivity index (χ4n) is 8.45. The van der Waals surface area contributed by atoms with Crippen LogP contribution in [0.4, 0.5) is 0 Å². The zero-order valence-corrected chi connectivity index (χ0v) is 36.8. The van der Waals surface area contributed by atoms with Gasteiger partial charge < -0.3 is 20.4 Å². The van der Waals surface area contributed by atoms with Crippen molar-refractivity contribution in [1.82, 2.24) is 0 Å². The fourth-order valence-corrected chi connectivity index (χ4v) is 8.45. The molecule has 0 heterocycles. The van der Waals surface area contributed by atoms with Crippen LogP contribution in [0.25, 0.3) is 0 Å². The molecule has 0 aliphatic rings. The van der Waals surface area contributed by atoms with Crippen molar-refractivity contribution in [2.45, 2.75) is 119 Å². The van der Waals surface area contributed by atoms with E-state index in [9.17, 15) is 20.4 Å². The lowest BCUT2D eigenvalue weighted by Crippen LogP contribution is -2.15. The standard InChI is InChI=1S/C28H34O2.C26H30O2/c1-27(2,3)23-17-20(12-14-25(23)29)22(16-19-10-8-7-9-11-19)21-13-15-26(30)24(18-21)28(4,5)6;1-15-12-23(27)17(3)19(5)25(15)22(14-21-10-8-7-9-11-21)26-16(2)13-24(28)18(4)20(26)6/h7-15,17-18,22,29-30H,16H2,1-6H3;7-13,22,27-28H,14H2,1-6H3. The van der Waals surface area contributed by atoms with E-state index in [-0.39, 0.29) is 22.7 Å². The molecule has 0 fully saturated rings. The van der Waals surface area contributed by atoms with Crippen molar-refractivity contribution in [3.63, 3.8) is 0 Å². The predicted molar refractivity (Wildman–Crippen MR) is 242 cm³/mol. The number of benzene rings is 6. The second-order valence-electron chi connectivity index (χ2n) is 18.3. The summed E-state index contributed by atoms with van der Waals surface area (Å²) in [6.07, 6.45) is 1.72. The Kier molecular flexibility index (Phi) is 13.2. The highest BCUT2D eigenvalue weighted by Crippen LogP contribution is 2.42. The minimum atomic E-state index is -0.150. The molecule has 0 radical (unpaired) electrons. The first kappa shape index (κ1) is 43.6. The Balaban J connectivity index is 0.000000221. The first-order valence-electron chi connectivity index (χ1n) is 20.5. The van der Waals surface area contributed by atoms with Crippen molar-refractivity contribution in [2.75, 3.05) is 0 Å². The summed E-state index contributed by atoms with van der Waals surface area (Å²) in [6.45, 7) is 25.1. The molecule has 4 N–H and O–H groups in total. The fraction of sp³-hybridized carbons (Fsp3) is 0.333. The largest absolute Gasteiger partial charge is 0.508 e. The summed E-state index contributed by atoms with van der Waals surface area (Å²) in [5.74, 6) is 1.66. The molecule has 304 valence electrons. The van der Waals surface area contributed by atoms with Gasteiger partial charge in [0.05, 0.1) is 0 Å². The van der Waals surface area contributed by atoms with Crippen molar-refractivity contribution in [2.24, 2.45) is 0 Å². The van der Waals surface area contributed by atoms with Gasteiger partial charge in [0.1, 0.15) is 23.0 Å². The second kappa shape index (κ2) is 17.6. The van der Waals surface area contributed by atoms with E-state index in [4.69, 9.17) is 0 Å². The van der Waals surface area contributed by atoms with Crippen LogP contribution in [0.1, 0.15) is 131 Å². The van der Waals surface area contributed by atoms with Gasteiger partial charge >= 0.3 is 0 Å². The van der Waals surface area contributed by atoms with Crippen molar-refractivity contribution >= 4 is 0 Å². The Morgan fingerprint density at radius 3 is 1.09 bits per heavy atom. The molecule has 58 heavy (non-hydrogen) atoms. The van der Waals surface area contributed by atoms with Crippen LogP contribution in [0.3, 0.4) is 0 Å². The molecule has 0 aliphatic carbocycles. The summed E-state index contributed by atoms with van der Waals surface area (Å²) < 4.78 is 0. The quantitative estimate of drug-likeness (QED) is 0.124. The lowest BCUT2D eigenvalue weighted by Gasteiger charge is -2.28. The maximum absolute atomic E-state index is 10.5. The Morgan fingerprint density at radius 1 is 0.397 bits per heavy atom. The number of aromatic hydroxyl groups is 4. The third-order valence-corrected chi connectivity index (χ3v) is 12.0. The first-order valence-corrected chi connectivity index (χ1v) is 20.5. The molecular formula is C54H64O4. The Labute approximate surface area is 347 Å². The number of hydrogen-bond donors (Lipinski definition) is 4. The minimum Gasteiger partial charge on any atom is -0.508 e. The summed E-state index contributed by atoms with van der Waals surface area (Å²) in [6, 6.07) is 36.8. The average molecular weight is 777 g/mol. The topological polar surface area (TPSA) is 80.9 Å². The van der Waals surface area contributed by atoms with E-state index in [1.54, 1.807) is 0 Å². The van der Waals surface area contributed by atoms with Gasteiger partial charge in [0.15, 0.2) is 0 Å². The van der Waals surface area contributed by atoms with Crippen LogP contribution in [0.15, 0.2) is 109 Å². The van der Waals surface area contributed by atoms with Crippen LogP contribution < -0.4 is 0 Å². The van der Waals surface area contributed by atoms with Gasteiger partial charge in [0.25, 0.3) is 0 Å². The smallest absolute Gasteiger partial charge is 0.119 e.